The van der Waals surface area contributed by atoms with Gasteiger partial charge in [0.2, 0.25) is 0 Å². The Kier molecular flexibility index (Phi) is 3.53. The van der Waals surface area contributed by atoms with E-state index in [-0.39, 0.29) is 11.9 Å². The fourth-order valence-electron chi connectivity index (χ4n) is 1.60. The van der Waals surface area contributed by atoms with Crippen LogP contribution < -0.4 is 5.32 Å². The van der Waals surface area contributed by atoms with Gasteiger partial charge in [-0.1, -0.05) is 6.92 Å². The monoisotopic (exact) mass is 171 g/mol. The zero-order valence-electron chi connectivity index (χ0n) is 7.80. The molecule has 70 valence electrons. The highest BCUT2D eigenvalue weighted by atomic mass is 16.5. The van der Waals surface area contributed by atoms with Crippen molar-refractivity contribution in [1.82, 2.24) is 5.32 Å². The zero-order valence-corrected chi connectivity index (χ0v) is 7.80. The average Bonchev–Trinajstić information content (AvgIpc) is 2.05. The molecule has 1 heterocycles. The maximum atomic E-state index is 11.3. The SMILES string of the molecule is CCOC(=O)C1CNCC(C)C1. The number of ether oxygens (including phenoxy) is 1. The van der Waals surface area contributed by atoms with Crippen molar-refractivity contribution in [3.05, 3.63) is 0 Å². The van der Waals surface area contributed by atoms with E-state index in [2.05, 4.69) is 12.2 Å². The van der Waals surface area contributed by atoms with E-state index in [1.165, 1.54) is 0 Å². The third-order valence-electron chi connectivity index (χ3n) is 2.19. The Morgan fingerprint density at radius 3 is 2.92 bits per heavy atom. The Balaban J connectivity index is 2.35. The van der Waals surface area contributed by atoms with Crippen LogP contribution in [0.3, 0.4) is 0 Å². The molecule has 1 saturated heterocycles. The maximum absolute atomic E-state index is 11.3. The molecule has 12 heavy (non-hydrogen) atoms. The van der Waals surface area contributed by atoms with Gasteiger partial charge in [-0.25, -0.2) is 0 Å². The molecule has 0 bridgehead atoms. The summed E-state index contributed by atoms with van der Waals surface area (Å²) in [5.41, 5.74) is 0. The van der Waals surface area contributed by atoms with Gasteiger partial charge in [0.1, 0.15) is 0 Å². The molecule has 0 radical (unpaired) electrons. The van der Waals surface area contributed by atoms with E-state index in [0.29, 0.717) is 12.5 Å². The van der Waals surface area contributed by atoms with Crippen molar-refractivity contribution in [3.8, 4) is 0 Å². The first-order valence-corrected chi connectivity index (χ1v) is 4.61. The number of carbonyl (C=O) groups excluding carboxylic acids is 1. The van der Waals surface area contributed by atoms with Gasteiger partial charge in [0.15, 0.2) is 0 Å². The van der Waals surface area contributed by atoms with E-state index in [1.807, 2.05) is 6.92 Å². The topological polar surface area (TPSA) is 38.3 Å². The van der Waals surface area contributed by atoms with Crippen molar-refractivity contribution in [2.24, 2.45) is 11.8 Å². The lowest BCUT2D eigenvalue weighted by Crippen LogP contribution is -2.39. The molecule has 1 aliphatic rings. The minimum absolute atomic E-state index is 0.0449. The zero-order chi connectivity index (χ0) is 8.97. The van der Waals surface area contributed by atoms with Crippen LogP contribution >= 0.6 is 0 Å². The van der Waals surface area contributed by atoms with Crippen LogP contribution in [0.15, 0.2) is 0 Å². The molecule has 0 aromatic carbocycles. The summed E-state index contributed by atoms with van der Waals surface area (Å²) in [4.78, 5) is 11.3. The van der Waals surface area contributed by atoms with E-state index in [0.717, 1.165) is 19.5 Å². The number of hydrogen-bond acceptors (Lipinski definition) is 3. The fraction of sp³-hybridized carbons (Fsp3) is 0.889. The van der Waals surface area contributed by atoms with E-state index in [4.69, 9.17) is 4.74 Å². The maximum Gasteiger partial charge on any atom is 0.310 e. The quantitative estimate of drug-likeness (QED) is 0.624. The van der Waals surface area contributed by atoms with Crippen molar-refractivity contribution in [1.29, 1.82) is 0 Å². The summed E-state index contributed by atoms with van der Waals surface area (Å²) in [5.74, 6) is 0.624. The van der Waals surface area contributed by atoms with Gasteiger partial charge in [0, 0.05) is 6.54 Å². The van der Waals surface area contributed by atoms with Crippen LogP contribution in [0.5, 0.6) is 0 Å². The summed E-state index contributed by atoms with van der Waals surface area (Å²) < 4.78 is 4.95. The van der Waals surface area contributed by atoms with E-state index < -0.39 is 0 Å². The predicted molar refractivity (Wildman–Crippen MR) is 46.8 cm³/mol. The second-order valence-electron chi connectivity index (χ2n) is 3.45. The number of nitrogens with one attached hydrogen (secondary N) is 1. The van der Waals surface area contributed by atoms with Crippen molar-refractivity contribution in [3.63, 3.8) is 0 Å². The largest absolute Gasteiger partial charge is 0.466 e. The molecule has 3 nitrogen and oxygen atoms in total. The third kappa shape index (κ3) is 2.48. The third-order valence-corrected chi connectivity index (χ3v) is 2.19. The van der Waals surface area contributed by atoms with Gasteiger partial charge in [-0.2, -0.15) is 0 Å². The van der Waals surface area contributed by atoms with Crippen LogP contribution in [-0.2, 0) is 9.53 Å². The van der Waals surface area contributed by atoms with Crippen LogP contribution in [0, 0.1) is 11.8 Å². The fourth-order valence-corrected chi connectivity index (χ4v) is 1.60. The van der Waals surface area contributed by atoms with Crippen LogP contribution in [-0.4, -0.2) is 25.7 Å². The van der Waals surface area contributed by atoms with Gasteiger partial charge in [-0.3, -0.25) is 4.79 Å². The summed E-state index contributed by atoms with van der Waals surface area (Å²) in [6.07, 6.45) is 0.964. The predicted octanol–water partition coefficient (Wildman–Crippen LogP) is 0.795. The van der Waals surface area contributed by atoms with Crippen molar-refractivity contribution in [2.45, 2.75) is 20.3 Å². The van der Waals surface area contributed by atoms with Gasteiger partial charge in [0.25, 0.3) is 0 Å². The molecule has 0 saturated carbocycles. The summed E-state index contributed by atoms with van der Waals surface area (Å²) in [6, 6.07) is 0. The van der Waals surface area contributed by atoms with E-state index in [1.54, 1.807) is 0 Å². The Morgan fingerprint density at radius 1 is 1.58 bits per heavy atom. The molecule has 2 atom stereocenters. The Labute approximate surface area is 73.5 Å². The van der Waals surface area contributed by atoms with Gasteiger partial charge < -0.3 is 10.1 Å². The van der Waals surface area contributed by atoms with Gasteiger partial charge in [-0.05, 0) is 25.8 Å². The van der Waals surface area contributed by atoms with E-state index >= 15 is 0 Å². The molecule has 1 fully saturated rings. The molecule has 1 aliphatic heterocycles. The first-order chi connectivity index (χ1) is 5.74. The summed E-state index contributed by atoms with van der Waals surface area (Å²) >= 11 is 0. The van der Waals surface area contributed by atoms with Gasteiger partial charge in [-0.15, -0.1) is 0 Å². The van der Waals surface area contributed by atoms with Crippen LogP contribution in [0.1, 0.15) is 20.3 Å². The summed E-state index contributed by atoms with van der Waals surface area (Å²) in [6.45, 7) is 6.29. The first kappa shape index (κ1) is 9.52. The summed E-state index contributed by atoms with van der Waals surface area (Å²) in [5, 5.41) is 3.22. The molecule has 1 rings (SSSR count). The van der Waals surface area contributed by atoms with E-state index in [9.17, 15) is 4.79 Å². The average molecular weight is 171 g/mol. The normalized spacial score (nSPS) is 29.8. The second kappa shape index (κ2) is 4.45. The van der Waals surface area contributed by atoms with Crippen molar-refractivity contribution in [2.75, 3.05) is 19.7 Å². The molecule has 0 aromatic heterocycles. The number of piperidine rings is 1. The van der Waals surface area contributed by atoms with Crippen LogP contribution in [0.2, 0.25) is 0 Å². The molecule has 0 aliphatic carbocycles. The standard InChI is InChI=1S/C9H17NO2/c1-3-12-9(11)8-4-7(2)5-10-6-8/h7-8,10H,3-6H2,1-2H3. The lowest BCUT2D eigenvalue weighted by Gasteiger charge is -2.25. The van der Waals surface area contributed by atoms with Gasteiger partial charge >= 0.3 is 5.97 Å². The Hall–Kier alpha value is -0.570. The molecule has 0 aromatic rings. The highest BCUT2D eigenvalue weighted by Crippen LogP contribution is 2.16. The number of esters is 1. The lowest BCUT2D eigenvalue weighted by molar-refractivity contribution is -0.149. The van der Waals surface area contributed by atoms with Crippen LogP contribution in [0.4, 0.5) is 0 Å². The smallest absolute Gasteiger partial charge is 0.310 e. The van der Waals surface area contributed by atoms with Crippen molar-refractivity contribution < 1.29 is 9.53 Å². The molecular formula is C9H17NO2. The number of hydrogen-bond donors (Lipinski definition) is 1. The number of carbonyl (C=O) groups is 1. The molecule has 1 N–H and O–H groups in total. The molecule has 0 amide bonds. The molecule has 2 unspecified atom stereocenters. The highest BCUT2D eigenvalue weighted by molar-refractivity contribution is 5.72. The molecular weight excluding hydrogens is 154 g/mol. The molecule has 3 heteroatoms. The van der Waals surface area contributed by atoms with Gasteiger partial charge in [0.05, 0.1) is 12.5 Å². The van der Waals surface area contributed by atoms with Crippen LogP contribution in [0.25, 0.3) is 0 Å². The van der Waals surface area contributed by atoms with Crippen molar-refractivity contribution >= 4 is 5.97 Å². The minimum atomic E-state index is -0.0449. The Morgan fingerprint density at radius 2 is 2.33 bits per heavy atom. The number of rotatable bonds is 2. The lowest BCUT2D eigenvalue weighted by atomic mass is 9.92. The Bertz CT molecular complexity index is 159. The summed E-state index contributed by atoms with van der Waals surface area (Å²) in [7, 11) is 0. The highest BCUT2D eigenvalue weighted by Gasteiger charge is 2.25. The first-order valence-electron chi connectivity index (χ1n) is 4.61. The second-order valence-corrected chi connectivity index (χ2v) is 3.45. The molecule has 0 spiro atoms. The minimum Gasteiger partial charge on any atom is -0.466 e.